The lowest BCUT2D eigenvalue weighted by Crippen LogP contribution is -2.47. The number of oxime groups is 1. The fourth-order valence-electron chi connectivity index (χ4n) is 2.77. The minimum atomic E-state index is -0.519. The zero-order valence-electron chi connectivity index (χ0n) is 11.4. The fraction of sp³-hybridized carbons (Fsp3) is 0.846. The SMILES string of the molecule is CCC(C(=O)NC1CCCCC1CC)C(N)=NO. The Balaban J connectivity index is 2.61. The minimum Gasteiger partial charge on any atom is -0.409 e. The third-order valence-electron chi connectivity index (χ3n) is 3.96. The molecule has 0 radical (unpaired) electrons. The van der Waals surface area contributed by atoms with Crippen LogP contribution >= 0.6 is 0 Å². The number of amidine groups is 1. The summed E-state index contributed by atoms with van der Waals surface area (Å²) in [6.07, 6.45) is 6.28. The normalized spacial score (nSPS) is 26.7. The molecule has 1 saturated carbocycles. The molecule has 18 heavy (non-hydrogen) atoms. The van der Waals surface area contributed by atoms with E-state index in [1.807, 2.05) is 6.92 Å². The van der Waals surface area contributed by atoms with Crippen molar-refractivity contribution in [2.75, 3.05) is 0 Å². The number of nitrogens with zero attached hydrogens (tertiary/aromatic N) is 1. The Morgan fingerprint density at radius 2 is 2.11 bits per heavy atom. The molecule has 0 aromatic heterocycles. The van der Waals surface area contributed by atoms with Gasteiger partial charge in [-0.05, 0) is 25.2 Å². The quantitative estimate of drug-likeness (QED) is 0.303. The van der Waals surface area contributed by atoms with Crippen LogP contribution in [0.4, 0.5) is 0 Å². The second-order valence-electron chi connectivity index (χ2n) is 5.05. The molecule has 104 valence electrons. The molecule has 4 N–H and O–H groups in total. The molecule has 0 aliphatic heterocycles. The molecule has 1 aliphatic rings. The van der Waals surface area contributed by atoms with Gasteiger partial charge in [0, 0.05) is 6.04 Å². The Morgan fingerprint density at radius 3 is 2.67 bits per heavy atom. The molecule has 0 spiro atoms. The van der Waals surface area contributed by atoms with Crippen LogP contribution in [0.15, 0.2) is 5.16 Å². The van der Waals surface area contributed by atoms with Crippen molar-refractivity contribution in [1.82, 2.24) is 5.32 Å². The van der Waals surface area contributed by atoms with Gasteiger partial charge in [-0.15, -0.1) is 0 Å². The molecule has 0 aromatic rings. The number of amides is 1. The molecular formula is C13H25N3O2. The van der Waals surface area contributed by atoms with Gasteiger partial charge in [0.25, 0.3) is 0 Å². The molecule has 1 rings (SSSR count). The van der Waals surface area contributed by atoms with Gasteiger partial charge in [0.1, 0.15) is 0 Å². The zero-order valence-corrected chi connectivity index (χ0v) is 11.4. The minimum absolute atomic E-state index is 0.00106. The van der Waals surface area contributed by atoms with Gasteiger partial charge in [-0.3, -0.25) is 4.79 Å². The summed E-state index contributed by atoms with van der Waals surface area (Å²) in [6.45, 7) is 4.02. The summed E-state index contributed by atoms with van der Waals surface area (Å²) in [6, 6.07) is 0.247. The summed E-state index contributed by atoms with van der Waals surface area (Å²) in [7, 11) is 0. The maximum Gasteiger partial charge on any atom is 0.231 e. The Hall–Kier alpha value is -1.26. The van der Waals surface area contributed by atoms with E-state index in [9.17, 15) is 4.79 Å². The molecule has 0 heterocycles. The van der Waals surface area contributed by atoms with Gasteiger partial charge in [0.15, 0.2) is 5.84 Å². The Morgan fingerprint density at radius 1 is 1.44 bits per heavy atom. The van der Waals surface area contributed by atoms with Crippen LogP contribution in [0.2, 0.25) is 0 Å². The molecule has 5 heteroatoms. The van der Waals surface area contributed by atoms with Crippen molar-refractivity contribution in [3.63, 3.8) is 0 Å². The molecule has 1 aliphatic carbocycles. The van der Waals surface area contributed by atoms with Gasteiger partial charge in [0.2, 0.25) is 5.91 Å². The highest BCUT2D eigenvalue weighted by atomic mass is 16.4. The highest BCUT2D eigenvalue weighted by Crippen LogP contribution is 2.27. The van der Waals surface area contributed by atoms with E-state index < -0.39 is 5.92 Å². The summed E-state index contributed by atoms with van der Waals surface area (Å²) >= 11 is 0. The predicted octanol–water partition coefficient (Wildman–Crippen LogP) is 1.84. The van der Waals surface area contributed by atoms with Crippen molar-refractivity contribution in [2.24, 2.45) is 22.7 Å². The van der Waals surface area contributed by atoms with Crippen LogP contribution in [0.1, 0.15) is 52.4 Å². The van der Waals surface area contributed by atoms with Crippen LogP contribution < -0.4 is 11.1 Å². The van der Waals surface area contributed by atoms with E-state index in [1.165, 1.54) is 19.3 Å². The van der Waals surface area contributed by atoms with Crippen LogP contribution in [-0.4, -0.2) is 23.0 Å². The number of hydrogen-bond acceptors (Lipinski definition) is 3. The Labute approximate surface area is 109 Å². The van der Waals surface area contributed by atoms with Crippen LogP contribution in [0.25, 0.3) is 0 Å². The van der Waals surface area contributed by atoms with E-state index in [4.69, 9.17) is 10.9 Å². The first kappa shape index (κ1) is 14.8. The van der Waals surface area contributed by atoms with Crippen molar-refractivity contribution < 1.29 is 10.0 Å². The van der Waals surface area contributed by atoms with E-state index in [2.05, 4.69) is 17.4 Å². The number of nitrogens with one attached hydrogen (secondary N) is 1. The smallest absolute Gasteiger partial charge is 0.231 e. The fourth-order valence-corrected chi connectivity index (χ4v) is 2.77. The molecule has 5 nitrogen and oxygen atoms in total. The van der Waals surface area contributed by atoms with E-state index in [0.717, 1.165) is 12.8 Å². The summed E-state index contributed by atoms with van der Waals surface area (Å²) in [5.41, 5.74) is 5.54. The number of rotatable bonds is 5. The van der Waals surface area contributed by atoms with Gasteiger partial charge in [-0.25, -0.2) is 0 Å². The van der Waals surface area contributed by atoms with E-state index in [1.54, 1.807) is 0 Å². The second kappa shape index (κ2) is 7.24. The first-order chi connectivity index (χ1) is 8.63. The second-order valence-corrected chi connectivity index (χ2v) is 5.05. The van der Waals surface area contributed by atoms with Crippen LogP contribution in [0.3, 0.4) is 0 Å². The molecule has 0 saturated heterocycles. The van der Waals surface area contributed by atoms with Gasteiger partial charge < -0.3 is 16.3 Å². The molecule has 0 aromatic carbocycles. The summed E-state index contributed by atoms with van der Waals surface area (Å²) in [4.78, 5) is 12.1. The lowest BCUT2D eigenvalue weighted by Gasteiger charge is -2.32. The average Bonchev–Trinajstić information content (AvgIpc) is 2.39. The lowest BCUT2D eigenvalue weighted by molar-refractivity contribution is -0.124. The summed E-state index contributed by atoms with van der Waals surface area (Å²) in [5.74, 6) is -0.0704. The molecule has 3 atom stereocenters. The number of nitrogens with two attached hydrogens (primary N) is 1. The molecular weight excluding hydrogens is 230 g/mol. The van der Waals surface area contributed by atoms with E-state index in [-0.39, 0.29) is 17.8 Å². The largest absolute Gasteiger partial charge is 0.409 e. The number of hydrogen-bond donors (Lipinski definition) is 3. The Kier molecular flexibility index (Phi) is 5.95. The molecule has 1 amide bonds. The van der Waals surface area contributed by atoms with Crippen molar-refractivity contribution in [3.8, 4) is 0 Å². The first-order valence-electron chi connectivity index (χ1n) is 6.91. The third-order valence-corrected chi connectivity index (χ3v) is 3.96. The number of carbonyl (C=O) groups excluding carboxylic acids is 1. The first-order valence-corrected chi connectivity index (χ1v) is 6.91. The van der Waals surface area contributed by atoms with Crippen molar-refractivity contribution >= 4 is 11.7 Å². The molecule has 1 fully saturated rings. The van der Waals surface area contributed by atoms with Gasteiger partial charge in [-0.1, -0.05) is 38.3 Å². The highest BCUT2D eigenvalue weighted by Gasteiger charge is 2.28. The monoisotopic (exact) mass is 255 g/mol. The highest BCUT2D eigenvalue weighted by molar-refractivity contribution is 6.02. The van der Waals surface area contributed by atoms with E-state index >= 15 is 0 Å². The maximum absolute atomic E-state index is 12.1. The molecule has 0 bridgehead atoms. The summed E-state index contributed by atoms with van der Waals surface area (Å²) in [5, 5.41) is 14.7. The lowest BCUT2D eigenvalue weighted by atomic mass is 9.82. The van der Waals surface area contributed by atoms with Crippen LogP contribution in [-0.2, 0) is 4.79 Å². The van der Waals surface area contributed by atoms with Gasteiger partial charge in [-0.2, -0.15) is 0 Å². The maximum atomic E-state index is 12.1. The van der Waals surface area contributed by atoms with Crippen molar-refractivity contribution in [3.05, 3.63) is 0 Å². The summed E-state index contributed by atoms with van der Waals surface area (Å²) < 4.78 is 0. The van der Waals surface area contributed by atoms with Crippen molar-refractivity contribution in [2.45, 2.75) is 58.4 Å². The van der Waals surface area contributed by atoms with Crippen molar-refractivity contribution in [1.29, 1.82) is 0 Å². The van der Waals surface area contributed by atoms with Gasteiger partial charge in [0.05, 0.1) is 5.92 Å². The Bertz CT molecular complexity index is 305. The number of carbonyl (C=O) groups is 1. The average molecular weight is 255 g/mol. The van der Waals surface area contributed by atoms with Gasteiger partial charge >= 0.3 is 0 Å². The third kappa shape index (κ3) is 3.62. The van der Waals surface area contributed by atoms with Crippen LogP contribution in [0.5, 0.6) is 0 Å². The predicted molar refractivity (Wildman–Crippen MR) is 71.4 cm³/mol. The molecule has 3 unspecified atom stereocenters. The topological polar surface area (TPSA) is 87.7 Å². The standard InChI is InChI=1S/C13H25N3O2/c1-3-9-7-5-6-8-11(9)15-13(17)10(4-2)12(14)16-18/h9-11,18H,3-8H2,1-2H3,(H2,14,16)(H,15,17). The zero-order chi connectivity index (χ0) is 13.5. The van der Waals surface area contributed by atoms with Crippen LogP contribution in [0, 0.1) is 11.8 Å². The van der Waals surface area contributed by atoms with E-state index in [0.29, 0.717) is 12.3 Å².